The minimum absolute atomic E-state index is 0.00988. The van der Waals surface area contributed by atoms with Gasteiger partial charge in [-0.15, -0.1) is 0 Å². The Morgan fingerprint density at radius 2 is 1.50 bits per heavy atom. The van der Waals surface area contributed by atoms with E-state index in [0.717, 1.165) is 0 Å². The Morgan fingerprint density at radius 1 is 0.889 bits per heavy atom. The van der Waals surface area contributed by atoms with Crippen LogP contribution in [0.4, 0.5) is 14.5 Å². The van der Waals surface area contributed by atoms with Crippen molar-refractivity contribution in [2.45, 2.75) is 6.61 Å². The molecule has 0 amide bonds. The lowest BCUT2D eigenvalue weighted by Gasteiger charge is -2.11. The Bertz CT molecular complexity index is 515. The molecule has 0 heterocycles. The first kappa shape index (κ1) is 12.2. The van der Waals surface area contributed by atoms with Crippen molar-refractivity contribution in [3.8, 4) is 17.2 Å². The first-order chi connectivity index (χ1) is 8.65. The van der Waals surface area contributed by atoms with Crippen molar-refractivity contribution in [2.24, 2.45) is 0 Å². The molecule has 0 aliphatic heterocycles. The molecular formula is C13H11F2NO2. The van der Waals surface area contributed by atoms with Crippen molar-refractivity contribution in [3.63, 3.8) is 0 Å². The van der Waals surface area contributed by atoms with Gasteiger partial charge in [0.1, 0.15) is 5.75 Å². The molecule has 0 aromatic heterocycles. The summed E-state index contributed by atoms with van der Waals surface area (Å²) in [5, 5.41) is 0. The Morgan fingerprint density at radius 3 is 2.11 bits per heavy atom. The van der Waals surface area contributed by atoms with Gasteiger partial charge in [-0.3, -0.25) is 0 Å². The summed E-state index contributed by atoms with van der Waals surface area (Å²) in [5.74, 6) is 0.710. The van der Waals surface area contributed by atoms with E-state index in [0.29, 0.717) is 11.4 Å². The molecule has 2 rings (SSSR count). The summed E-state index contributed by atoms with van der Waals surface area (Å²) in [6.45, 7) is -2.89. The maximum absolute atomic E-state index is 12.2. The first-order valence-electron chi connectivity index (χ1n) is 5.22. The van der Waals surface area contributed by atoms with Crippen LogP contribution in [-0.4, -0.2) is 6.61 Å². The fraction of sp³-hybridized carbons (Fsp3) is 0.0769. The molecule has 2 aromatic carbocycles. The van der Waals surface area contributed by atoms with Crippen LogP contribution in [0.3, 0.4) is 0 Å². The summed E-state index contributed by atoms with van der Waals surface area (Å²) in [6.07, 6.45) is 0. The van der Waals surface area contributed by atoms with Crippen molar-refractivity contribution in [3.05, 3.63) is 48.5 Å². The number of nitrogens with two attached hydrogens (primary N) is 1. The van der Waals surface area contributed by atoms with Gasteiger partial charge in [-0.05, 0) is 36.4 Å². The minimum atomic E-state index is -2.89. The molecule has 0 saturated heterocycles. The van der Waals surface area contributed by atoms with Crippen molar-refractivity contribution in [1.82, 2.24) is 0 Å². The smallest absolute Gasteiger partial charge is 0.387 e. The molecule has 2 N–H and O–H groups in total. The second-order valence-electron chi connectivity index (χ2n) is 3.50. The lowest BCUT2D eigenvalue weighted by atomic mass is 10.3. The number of para-hydroxylation sites is 2. The topological polar surface area (TPSA) is 44.5 Å². The predicted molar refractivity (Wildman–Crippen MR) is 64.0 cm³/mol. The number of benzene rings is 2. The molecule has 0 atom stereocenters. The van der Waals surface area contributed by atoms with Crippen LogP contribution < -0.4 is 15.2 Å². The highest BCUT2D eigenvalue weighted by Crippen LogP contribution is 2.32. The molecule has 18 heavy (non-hydrogen) atoms. The second kappa shape index (κ2) is 5.35. The van der Waals surface area contributed by atoms with Gasteiger partial charge in [-0.1, -0.05) is 12.1 Å². The number of hydrogen-bond donors (Lipinski definition) is 1. The molecule has 0 spiro atoms. The lowest BCUT2D eigenvalue weighted by molar-refractivity contribution is -0.0510. The highest BCUT2D eigenvalue weighted by molar-refractivity contribution is 5.46. The molecule has 94 valence electrons. The zero-order valence-electron chi connectivity index (χ0n) is 9.35. The summed E-state index contributed by atoms with van der Waals surface area (Å²) >= 11 is 0. The molecule has 5 heteroatoms. The maximum atomic E-state index is 12.2. The quantitative estimate of drug-likeness (QED) is 0.843. The molecule has 0 bridgehead atoms. The molecule has 3 nitrogen and oxygen atoms in total. The van der Waals surface area contributed by atoms with E-state index in [1.54, 1.807) is 42.5 Å². The summed E-state index contributed by atoms with van der Waals surface area (Å²) in [6, 6.07) is 12.8. The Hall–Kier alpha value is -2.30. The van der Waals surface area contributed by atoms with Gasteiger partial charge in [0, 0.05) is 5.69 Å². The van der Waals surface area contributed by atoms with Crippen LogP contribution in [-0.2, 0) is 0 Å². The molecule has 0 unspecified atom stereocenters. The fourth-order valence-electron chi connectivity index (χ4n) is 1.39. The summed E-state index contributed by atoms with van der Waals surface area (Å²) in [5.41, 5.74) is 6.13. The summed E-state index contributed by atoms with van der Waals surface area (Å²) in [7, 11) is 0. The van der Waals surface area contributed by atoms with E-state index in [2.05, 4.69) is 4.74 Å². The van der Waals surface area contributed by atoms with E-state index in [1.807, 2.05) is 0 Å². The fourth-order valence-corrected chi connectivity index (χ4v) is 1.39. The van der Waals surface area contributed by atoms with E-state index in [4.69, 9.17) is 10.5 Å². The van der Waals surface area contributed by atoms with Gasteiger partial charge in [0.15, 0.2) is 11.5 Å². The van der Waals surface area contributed by atoms with E-state index in [-0.39, 0.29) is 11.5 Å². The van der Waals surface area contributed by atoms with Crippen LogP contribution in [0.1, 0.15) is 0 Å². The van der Waals surface area contributed by atoms with Gasteiger partial charge in [-0.2, -0.15) is 8.78 Å². The van der Waals surface area contributed by atoms with Crippen LogP contribution in [0.2, 0.25) is 0 Å². The zero-order chi connectivity index (χ0) is 13.0. The highest BCUT2D eigenvalue weighted by Gasteiger charge is 2.10. The molecular weight excluding hydrogens is 240 g/mol. The number of ether oxygens (including phenoxy) is 2. The Kier molecular flexibility index (Phi) is 3.62. The van der Waals surface area contributed by atoms with E-state index >= 15 is 0 Å². The number of halogens is 2. The van der Waals surface area contributed by atoms with Gasteiger partial charge in [0.05, 0.1) is 0 Å². The molecule has 0 saturated carbocycles. The second-order valence-corrected chi connectivity index (χ2v) is 3.50. The van der Waals surface area contributed by atoms with E-state index in [1.165, 1.54) is 6.07 Å². The number of nitrogen functional groups attached to an aromatic ring is 1. The molecule has 0 fully saturated rings. The predicted octanol–water partition coefficient (Wildman–Crippen LogP) is 3.66. The molecule has 0 aliphatic carbocycles. The van der Waals surface area contributed by atoms with Crippen molar-refractivity contribution in [1.29, 1.82) is 0 Å². The normalized spacial score (nSPS) is 10.4. The third-order valence-corrected chi connectivity index (χ3v) is 2.17. The maximum Gasteiger partial charge on any atom is 0.387 e. The SMILES string of the molecule is Nc1ccc(Oc2ccccc2OC(F)F)cc1. The molecule has 0 radical (unpaired) electrons. The third kappa shape index (κ3) is 3.10. The summed E-state index contributed by atoms with van der Waals surface area (Å²) < 4.78 is 34.2. The average Bonchev–Trinajstić information content (AvgIpc) is 2.34. The zero-order valence-corrected chi connectivity index (χ0v) is 9.35. The molecule has 0 aliphatic rings. The van der Waals surface area contributed by atoms with Gasteiger partial charge < -0.3 is 15.2 Å². The Labute approximate surface area is 103 Å². The van der Waals surface area contributed by atoms with Gasteiger partial charge in [0.25, 0.3) is 0 Å². The summed E-state index contributed by atoms with van der Waals surface area (Å²) in [4.78, 5) is 0. The monoisotopic (exact) mass is 251 g/mol. The molecule has 2 aromatic rings. The van der Waals surface area contributed by atoms with Gasteiger partial charge in [-0.25, -0.2) is 0 Å². The largest absolute Gasteiger partial charge is 0.453 e. The number of rotatable bonds is 4. The van der Waals surface area contributed by atoms with Crippen LogP contribution in [0.15, 0.2) is 48.5 Å². The Balaban J connectivity index is 2.20. The van der Waals surface area contributed by atoms with Crippen molar-refractivity contribution < 1.29 is 18.3 Å². The van der Waals surface area contributed by atoms with Crippen molar-refractivity contribution >= 4 is 5.69 Å². The standard InChI is InChI=1S/C13H11F2NO2/c14-13(15)18-12-4-2-1-3-11(12)17-10-7-5-9(16)6-8-10/h1-8,13H,16H2. The number of anilines is 1. The van der Waals surface area contributed by atoms with E-state index in [9.17, 15) is 8.78 Å². The highest BCUT2D eigenvalue weighted by atomic mass is 19.3. The van der Waals surface area contributed by atoms with Crippen molar-refractivity contribution in [2.75, 3.05) is 5.73 Å². The third-order valence-electron chi connectivity index (χ3n) is 2.17. The van der Waals surface area contributed by atoms with Crippen LogP contribution in [0.25, 0.3) is 0 Å². The van der Waals surface area contributed by atoms with Gasteiger partial charge in [0.2, 0.25) is 0 Å². The van der Waals surface area contributed by atoms with Gasteiger partial charge >= 0.3 is 6.61 Å². The average molecular weight is 251 g/mol. The first-order valence-corrected chi connectivity index (χ1v) is 5.22. The number of alkyl halides is 2. The number of hydrogen-bond acceptors (Lipinski definition) is 3. The van der Waals surface area contributed by atoms with Crippen LogP contribution in [0.5, 0.6) is 17.2 Å². The van der Waals surface area contributed by atoms with Crippen LogP contribution in [0, 0.1) is 0 Å². The lowest BCUT2D eigenvalue weighted by Crippen LogP contribution is -2.03. The van der Waals surface area contributed by atoms with E-state index < -0.39 is 6.61 Å². The minimum Gasteiger partial charge on any atom is -0.453 e. The van der Waals surface area contributed by atoms with Crippen LogP contribution >= 0.6 is 0 Å².